The first kappa shape index (κ1) is 17.1. The van der Waals surface area contributed by atoms with Gasteiger partial charge in [0.15, 0.2) is 17.1 Å². The van der Waals surface area contributed by atoms with E-state index in [0.717, 1.165) is 39.2 Å². The average Bonchev–Trinajstić information content (AvgIpc) is 3.39. The van der Waals surface area contributed by atoms with E-state index in [-0.39, 0.29) is 2.85 Å². The van der Waals surface area contributed by atoms with Crippen LogP contribution in [-0.4, -0.2) is 33.8 Å². The van der Waals surface area contributed by atoms with Crippen molar-refractivity contribution in [2.75, 3.05) is 19.5 Å². The summed E-state index contributed by atoms with van der Waals surface area (Å²) in [7, 11) is 3.25. The van der Waals surface area contributed by atoms with E-state index in [9.17, 15) is 0 Å². The number of ether oxygens (including phenoxy) is 2. The number of H-pyrrole nitrogens is 1. The van der Waals surface area contributed by atoms with Crippen LogP contribution in [0.15, 0.2) is 67.1 Å². The number of anilines is 2. The molecule has 5 aromatic rings. The van der Waals surface area contributed by atoms with Gasteiger partial charge in [0.25, 0.3) is 0 Å². The molecule has 0 unspecified atom stereocenters. The van der Waals surface area contributed by atoms with E-state index >= 15 is 0 Å². The lowest BCUT2D eigenvalue weighted by Crippen LogP contribution is -1.97. The zero-order chi connectivity index (χ0) is 19.8. The number of hydrogen-bond acceptors (Lipinski definition) is 5. The molecule has 0 spiro atoms. The first-order valence-electron chi connectivity index (χ1n) is 9.16. The molecule has 3 aromatic heterocycles. The summed E-state index contributed by atoms with van der Waals surface area (Å²) in [5.74, 6) is 2.09. The summed E-state index contributed by atoms with van der Waals surface area (Å²) >= 11 is 0. The third-order valence-corrected chi connectivity index (χ3v) is 4.89. The van der Waals surface area contributed by atoms with Crippen molar-refractivity contribution in [2.45, 2.75) is 0 Å². The monoisotopic (exact) mass is 389 g/mol. The Morgan fingerprint density at radius 2 is 1.90 bits per heavy atom. The molecule has 2 N–H and O–H groups in total. The van der Waals surface area contributed by atoms with Crippen LogP contribution < -0.4 is 14.8 Å². The summed E-state index contributed by atoms with van der Waals surface area (Å²) in [6.07, 6.45) is 5.63. The van der Waals surface area contributed by atoms with Crippen LogP contribution in [0, 0.1) is 0 Å². The maximum atomic E-state index is 5.43. The molecule has 3 heterocycles. The SMILES string of the molecule is COc1ccc(-c2cnn3ccc(Nc4ccc5[nH]ccc5c4)nc23)cc1OC.[HH].[HH]. The molecule has 0 aliphatic rings. The minimum Gasteiger partial charge on any atom is -0.493 e. The molecular weight excluding hydrogens is 366 g/mol. The highest BCUT2D eigenvalue weighted by molar-refractivity contribution is 5.84. The number of benzene rings is 2. The van der Waals surface area contributed by atoms with Gasteiger partial charge < -0.3 is 19.8 Å². The molecule has 0 radical (unpaired) electrons. The third kappa shape index (κ3) is 3.02. The van der Waals surface area contributed by atoms with Gasteiger partial charge in [-0.2, -0.15) is 5.10 Å². The molecule has 0 aliphatic heterocycles. The van der Waals surface area contributed by atoms with Gasteiger partial charge in [0.05, 0.1) is 20.4 Å². The number of methoxy groups -OCH3 is 2. The first-order valence-corrected chi connectivity index (χ1v) is 9.16. The van der Waals surface area contributed by atoms with Gasteiger partial charge >= 0.3 is 0 Å². The van der Waals surface area contributed by atoms with Crippen LogP contribution in [-0.2, 0) is 0 Å². The summed E-state index contributed by atoms with van der Waals surface area (Å²) in [5.41, 5.74) is 4.70. The summed E-state index contributed by atoms with van der Waals surface area (Å²) in [5, 5.41) is 8.95. The molecule has 0 amide bonds. The standard InChI is InChI=1S/C22H19N5O2.2H2/c1-28-19-6-3-14(12-20(19)29-2)17-13-24-27-10-8-21(26-22(17)27)25-16-4-5-18-15(11-16)7-9-23-18;;/h3-13,23H,1-2H3,(H,25,26);2*1H. The summed E-state index contributed by atoms with van der Waals surface area (Å²) in [6, 6.07) is 15.9. The Morgan fingerprint density at radius 3 is 2.76 bits per heavy atom. The van der Waals surface area contributed by atoms with Crippen molar-refractivity contribution in [1.82, 2.24) is 19.6 Å². The molecule has 0 atom stereocenters. The highest BCUT2D eigenvalue weighted by Crippen LogP contribution is 2.34. The van der Waals surface area contributed by atoms with Crippen molar-refractivity contribution in [1.29, 1.82) is 0 Å². The van der Waals surface area contributed by atoms with Crippen LogP contribution in [0.1, 0.15) is 2.85 Å². The van der Waals surface area contributed by atoms with Gasteiger partial charge in [-0.1, -0.05) is 6.07 Å². The first-order chi connectivity index (χ1) is 14.2. The zero-order valence-electron chi connectivity index (χ0n) is 16.0. The van der Waals surface area contributed by atoms with Crippen LogP contribution in [0.3, 0.4) is 0 Å². The second-order valence-corrected chi connectivity index (χ2v) is 6.61. The number of aromatic amines is 1. The normalized spacial score (nSPS) is 11.1. The number of nitrogens with one attached hydrogen (secondary N) is 2. The molecule has 7 nitrogen and oxygen atoms in total. The topological polar surface area (TPSA) is 76.5 Å². The van der Waals surface area contributed by atoms with Crippen molar-refractivity contribution >= 4 is 28.1 Å². The molecule has 0 fully saturated rings. The number of rotatable bonds is 5. The number of aromatic nitrogens is 4. The molecular formula is C22H23N5O2. The Bertz CT molecular complexity index is 1330. The molecule has 7 heteroatoms. The van der Waals surface area contributed by atoms with E-state index in [1.165, 1.54) is 0 Å². The molecule has 29 heavy (non-hydrogen) atoms. The van der Waals surface area contributed by atoms with E-state index in [0.29, 0.717) is 11.5 Å². The van der Waals surface area contributed by atoms with E-state index in [2.05, 4.69) is 21.5 Å². The van der Waals surface area contributed by atoms with Gasteiger partial charge in [-0.3, -0.25) is 0 Å². The van der Waals surface area contributed by atoms with Crippen molar-refractivity contribution in [3.8, 4) is 22.6 Å². The van der Waals surface area contributed by atoms with Crippen LogP contribution >= 0.6 is 0 Å². The average molecular weight is 389 g/mol. The minimum absolute atomic E-state index is 0. The van der Waals surface area contributed by atoms with Gasteiger partial charge in [0.1, 0.15) is 5.82 Å². The van der Waals surface area contributed by atoms with Gasteiger partial charge in [0.2, 0.25) is 0 Å². The van der Waals surface area contributed by atoms with Crippen LogP contribution in [0.25, 0.3) is 27.7 Å². The zero-order valence-corrected chi connectivity index (χ0v) is 16.0. The smallest absolute Gasteiger partial charge is 0.165 e. The van der Waals surface area contributed by atoms with Crippen molar-refractivity contribution in [2.24, 2.45) is 0 Å². The largest absolute Gasteiger partial charge is 0.493 e. The molecule has 0 saturated heterocycles. The summed E-state index contributed by atoms with van der Waals surface area (Å²) in [6.45, 7) is 0. The molecule has 2 aromatic carbocycles. The summed E-state index contributed by atoms with van der Waals surface area (Å²) in [4.78, 5) is 7.98. The summed E-state index contributed by atoms with van der Waals surface area (Å²) < 4.78 is 12.5. The predicted molar refractivity (Wildman–Crippen MR) is 117 cm³/mol. The Morgan fingerprint density at radius 1 is 1.00 bits per heavy atom. The fourth-order valence-electron chi connectivity index (χ4n) is 3.42. The fraction of sp³-hybridized carbons (Fsp3) is 0.0909. The van der Waals surface area contributed by atoms with Crippen molar-refractivity contribution in [3.63, 3.8) is 0 Å². The Labute approximate surface area is 169 Å². The Balaban J connectivity index is 0.00000136. The maximum absolute atomic E-state index is 5.43. The minimum atomic E-state index is 0. The molecule has 148 valence electrons. The molecule has 0 aliphatic carbocycles. The van der Waals surface area contributed by atoms with Gasteiger partial charge in [-0.05, 0) is 48.0 Å². The van der Waals surface area contributed by atoms with Gasteiger partial charge in [0, 0.05) is 37.4 Å². The number of nitrogens with zero attached hydrogens (tertiary/aromatic N) is 3. The second-order valence-electron chi connectivity index (χ2n) is 6.61. The number of fused-ring (bicyclic) bond motifs is 2. The van der Waals surface area contributed by atoms with Crippen molar-refractivity contribution < 1.29 is 12.3 Å². The molecule has 0 saturated carbocycles. The second kappa shape index (κ2) is 6.87. The van der Waals surface area contributed by atoms with Gasteiger partial charge in [-0.15, -0.1) is 0 Å². The Hall–Kier alpha value is -4.00. The van der Waals surface area contributed by atoms with E-state index in [4.69, 9.17) is 14.5 Å². The van der Waals surface area contributed by atoms with E-state index < -0.39 is 0 Å². The highest BCUT2D eigenvalue weighted by atomic mass is 16.5. The van der Waals surface area contributed by atoms with Gasteiger partial charge in [-0.25, -0.2) is 9.50 Å². The van der Waals surface area contributed by atoms with Crippen LogP contribution in [0.2, 0.25) is 0 Å². The maximum Gasteiger partial charge on any atom is 0.165 e. The third-order valence-electron chi connectivity index (χ3n) is 4.89. The number of hydrogen-bond donors (Lipinski definition) is 2. The molecule has 0 bridgehead atoms. The van der Waals surface area contributed by atoms with E-state index in [1.54, 1.807) is 24.9 Å². The fourth-order valence-corrected chi connectivity index (χ4v) is 3.42. The Kier molecular flexibility index (Phi) is 4.05. The lowest BCUT2D eigenvalue weighted by Gasteiger charge is -2.09. The lowest BCUT2D eigenvalue weighted by atomic mass is 10.1. The molecule has 5 rings (SSSR count). The van der Waals surface area contributed by atoms with Crippen molar-refractivity contribution in [3.05, 3.63) is 67.1 Å². The lowest BCUT2D eigenvalue weighted by molar-refractivity contribution is 0.355. The quantitative estimate of drug-likeness (QED) is 0.436. The highest BCUT2D eigenvalue weighted by Gasteiger charge is 2.12. The predicted octanol–water partition coefficient (Wildman–Crippen LogP) is 5.13. The van der Waals surface area contributed by atoms with E-state index in [1.807, 2.05) is 54.9 Å². The van der Waals surface area contributed by atoms with Crippen LogP contribution in [0.5, 0.6) is 11.5 Å². The van der Waals surface area contributed by atoms with Crippen LogP contribution in [0.4, 0.5) is 11.5 Å².